The van der Waals surface area contributed by atoms with E-state index in [1.165, 1.54) is 0 Å². The number of ether oxygens (including phenoxy) is 1. The first-order valence-corrected chi connectivity index (χ1v) is 15.5. The predicted octanol–water partition coefficient (Wildman–Crippen LogP) is 6.11. The van der Waals surface area contributed by atoms with Crippen molar-refractivity contribution in [1.29, 1.82) is 0 Å². The van der Waals surface area contributed by atoms with Crippen LogP contribution in [0.1, 0.15) is 102 Å². The second kappa shape index (κ2) is 9.28. The van der Waals surface area contributed by atoms with Crippen molar-refractivity contribution in [2.24, 2.45) is 10.8 Å². The van der Waals surface area contributed by atoms with Gasteiger partial charge in [-0.15, -0.1) is 0 Å². The van der Waals surface area contributed by atoms with Crippen LogP contribution < -0.4 is 9.64 Å². The standard InChI is InChI=1S/C32H37FN6O3/c1-2-41-28-35-15-23(16-36-28)22-5-12-34-24(13-22)39(25(40)14-30-17-32(33,18-30)19-30)20-29-6-9-31(10-7-29,11-8-29)27-37-26(38-42-27)21-3-4-21/h5,12-13,15-16,21H,2-4,6-11,14,17-20H2,1H3. The Hall–Kier alpha value is -3.43. The fourth-order valence-electron chi connectivity index (χ4n) is 8.29. The molecule has 0 spiro atoms. The SMILES string of the molecule is CCOc1ncc(-c2ccnc(N(CC34CCC(c5nc(C6CC6)no5)(CC3)CC4)C(=O)CC34CC(F)(C3)C4)c2)cn1. The second-order valence-electron chi connectivity index (χ2n) is 13.9. The van der Waals surface area contributed by atoms with Crippen LogP contribution in [0.2, 0.25) is 0 Å². The number of anilines is 1. The van der Waals surface area contributed by atoms with E-state index in [-0.39, 0.29) is 22.2 Å². The smallest absolute Gasteiger partial charge is 0.316 e. The van der Waals surface area contributed by atoms with E-state index >= 15 is 0 Å². The molecular formula is C32H37FN6O3. The van der Waals surface area contributed by atoms with E-state index in [9.17, 15) is 9.18 Å². The van der Waals surface area contributed by atoms with Crippen LogP contribution in [-0.2, 0) is 10.2 Å². The van der Waals surface area contributed by atoms with Gasteiger partial charge in [-0.1, -0.05) is 5.16 Å². The minimum Gasteiger partial charge on any atom is -0.464 e. The average molecular weight is 573 g/mol. The zero-order valence-electron chi connectivity index (χ0n) is 24.1. The van der Waals surface area contributed by atoms with Gasteiger partial charge in [0, 0.05) is 48.5 Å². The lowest BCUT2D eigenvalue weighted by atomic mass is 9.41. The molecular weight excluding hydrogens is 535 g/mol. The zero-order valence-corrected chi connectivity index (χ0v) is 24.1. The average Bonchev–Trinajstić information content (AvgIpc) is 3.71. The van der Waals surface area contributed by atoms with Gasteiger partial charge in [-0.2, -0.15) is 4.98 Å². The molecule has 0 atom stereocenters. The normalized spacial score (nSPS) is 32.6. The topological polar surface area (TPSA) is 107 Å². The Labute approximate surface area is 244 Å². The van der Waals surface area contributed by atoms with E-state index < -0.39 is 5.67 Å². The van der Waals surface area contributed by atoms with Gasteiger partial charge in [0.2, 0.25) is 11.8 Å². The molecule has 0 saturated heterocycles. The van der Waals surface area contributed by atoms with Gasteiger partial charge >= 0.3 is 6.01 Å². The summed E-state index contributed by atoms with van der Waals surface area (Å²) < 4.78 is 25.6. The van der Waals surface area contributed by atoms with Crippen LogP contribution in [-0.4, -0.2) is 49.8 Å². The molecule has 10 rings (SSSR count). The highest BCUT2D eigenvalue weighted by Gasteiger charge is 2.69. The molecule has 3 heterocycles. The van der Waals surface area contributed by atoms with Crippen LogP contribution >= 0.6 is 0 Å². The molecule has 0 aliphatic heterocycles. The lowest BCUT2D eigenvalue weighted by molar-refractivity contribution is -0.215. The van der Waals surface area contributed by atoms with Gasteiger partial charge in [-0.3, -0.25) is 9.69 Å². The van der Waals surface area contributed by atoms with Crippen molar-refractivity contribution in [1.82, 2.24) is 25.1 Å². The molecule has 0 N–H and O–H groups in total. The summed E-state index contributed by atoms with van der Waals surface area (Å²) in [6.45, 7) is 3.01. The Balaban J connectivity index is 1.04. The lowest BCUT2D eigenvalue weighted by Gasteiger charge is -2.66. The van der Waals surface area contributed by atoms with Crippen LogP contribution in [0.5, 0.6) is 6.01 Å². The third kappa shape index (κ3) is 4.40. The summed E-state index contributed by atoms with van der Waals surface area (Å²) in [6.07, 6.45) is 15.4. The molecule has 4 bridgehead atoms. The predicted molar refractivity (Wildman–Crippen MR) is 152 cm³/mol. The number of pyridine rings is 1. The van der Waals surface area contributed by atoms with Crippen molar-refractivity contribution in [3.63, 3.8) is 0 Å². The number of nitrogens with zero attached hydrogens (tertiary/aromatic N) is 6. The van der Waals surface area contributed by atoms with Crippen molar-refractivity contribution >= 4 is 11.7 Å². The number of aromatic nitrogens is 5. The molecule has 3 aromatic rings. The molecule has 10 heteroatoms. The number of fused-ring (bicyclic) bond motifs is 3. The fourth-order valence-corrected chi connectivity index (χ4v) is 8.29. The zero-order chi connectivity index (χ0) is 28.6. The molecule has 7 aliphatic carbocycles. The number of hydrogen-bond donors (Lipinski definition) is 0. The van der Waals surface area contributed by atoms with Gasteiger partial charge < -0.3 is 9.26 Å². The molecule has 220 valence electrons. The van der Waals surface area contributed by atoms with E-state index in [1.807, 2.05) is 24.0 Å². The van der Waals surface area contributed by atoms with Crippen molar-refractivity contribution < 1.29 is 18.4 Å². The van der Waals surface area contributed by atoms with E-state index in [1.54, 1.807) is 18.6 Å². The first-order chi connectivity index (χ1) is 20.3. The molecule has 7 fully saturated rings. The van der Waals surface area contributed by atoms with Gasteiger partial charge in [0.05, 0.1) is 6.61 Å². The van der Waals surface area contributed by atoms with Crippen LogP contribution in [0.3, 0.4) is 0 Å². The molecule has 7 saturated carbocycles. The maximum absolute atomic E-state index is 14.4. The third-order valence-electron chi connectivity index (χ3n) is 10.9. The van der Waals surface area contributed by atoms with Crippen molar-refractivity contribution in [3.05, 3.63) is 42.4 Å². The van der Waals surface area contributed by atoms with Crippen LogP contribution in [0.15, 0.2) is 35.2 Å². The van der Waals surface area contributed by atoms with E-state index in [0.29, 0.717) is 56.6 Å². The van der Waals surface area contributed by atoms with Gasteiger partial charge in [0.15, 0.2) is 5.82 Å². The molecule has 42 heavy (non-hydrogen) atoms. The second-order valence-corrected chi connectivity index (χ2v) is 13.9. The van der Waals surface area contributed by atoms with Crippen LogP contribution in [0, 0.1) is 10.8 Å². The van der Waals surface area contributed by atoms with Crippen molar-refractivity contribution in [2.45, 2.75) is 101 Å². The first kappa shape index (κ1) is 26.2. The number of amides is 1. The molecule has 0 radical (unpaired) electrons. The number of alkyl halides is 1. The number of hydrogen-bond acceptors (Lipinski definition) is 8. The first-order valence-electron chi connectivity index (χ1n) is 15.5. The van der Waals surface area contributed by atoms with Gasteiger partial charge in [-0.25, -0.2) is 19.3 Å². The van der Waals surface area contributed by atoms with E-state index in [4.69, 9.17) is 19.2 Å². The highest BCUT2D eigenvalue weighted by molar-refractivity contribution is 5.94. The molecule has 1 amide bonds. The maximum atomic E-state index is 14.4. The molecule has 9 nitrogen and oxygen atoms in total. The number of rotatable bonds is 10. The van der Waals surface area contributed by atoms with Crippen molar-refractivity contribution in [2.75, 3.05) is 18.1 Å². The summed E-state index contributed by atoms with van der Waals surface area (Å²) in [5.74, 6) is 2.87. The Kier molecular flexibility index (Phi) is 5.79. The molecule has 7 aliphatic rings. The maximum Gasteiger partial charge on any atom is 0.316 e. The summed E-state index contributed by atoms with van der Waals surface area (Å²) in [7, 11) is 0. The summed E-state index contributed by atoms with van der Waals surface area (Å²) in [5, 5.41) is 4.31. The molecule has 0 unspecified atom stereocenters. The highest BCUT2D eigenvalue weighted by Crippen LogP contribution is 2.71. The number of carbonyl (C=O) groups excluding carboxylic acids is 1. The molecule has 0 aromatic carbocycles. The summed E-state index contributed by atoms with van der Waals surface area (Å²) >= 11 is 0. The summed E-state index contributed by atoms with van der Waals surface area (Å²) in [6, 6.07) is 4.21. The Bertz CT molecular complexity index is 1470. The highest BCUT2D eigenvalue weighted by atomic mass is 19.1. The molecule has 3 aromatic heterocycles. The summed E-state index contributed by atoms with van der Waals surface area (Å²) in [4.78, 5) is 34.1. The third-order valence-corrected chi connectivity index (χ3v) is 10.9. The van der Waals surface area contributed by atoms with Gasteiger partial charge in [-0.05, 0) is 106 Å². The number of halogens is 1. The van der Waals surface area contributed by atoms with Crippen LogP contribution in [0.4, 0.5) is 10.2 Å². The van der Waals surface area contributed by atoms with Crippen molar-refractivity contribution in [3.8, 4) is 17.1 Å². The Morgan fingerprint density at radius 2 is 1.74 bits per heavy atom. The van der Waals surface area contributed by atoms with E-state index in [0.717, 1.165) is 74.2 Å². The fraction of sp³-hybridized carbons (Fsp3) is 0.625. The van der Waals surface area contributed by atoms with E-state index in [2.05, 4.69) is 15.1 Å². The summed E-state index contributed by atoms with van der Waals surface area (Å²) in [5.41, 5.74) is 0.493. The minimum absolute atomic E-state index is 0.0113. The Morgan fingerprint density at radius 1 is 1.02 bits per heavy atom. The van der Waals surface area contributed by atoms with Crippen LogP contribution in [0.25, 0.3) is 11.1 Å². The lowest BCUT2D eigenvalue weighted by Crippen LogP contribution is -2.65. The largest absolute Gasteiger partial charge is 0.464 e. The van der Waals surface area contributed by atoms with Gasteiger partial charge in [0.1, 0.15) is 11.5 Å². The Morgan fingerprint density at radius 3 is 2.38 bits per heavy atom. The number of carbonyl (C=O) groups is 1. The minimum atomic E-state index is -1.03. The van der Waals surface area contributed by atoms with Gasteiger partial charge in [0.25, 0.3) is 0 Å². The quantitative estimate of drug-likeness (QED) is 0.287. The monoisotopic (exact) mass is 572 g/mol.